The fourth-order valence-corrected chi connectivity index (χ4v) is 3.56. The largest absolute Gasteiger partial charge is 0.497 e. The summed E-state index contributed by atoms with van der Waals surface area (Å²) in [4.78, 5) is 0. The van der Waals surface area contributed by atoms with Crippen LogP contribution >= 0.6 is 7.92 Å². The Morgan fingerprint density at radius 2 is 1.58 bits per heavy atom. The molecular weight excluding hydrogens is 254 g/mol. The molecular formula is C15H17BO2P. The number of benzene rings is 2. The van der Waals surface area contributed by atoms with Crippen molar-refractivity contribution in [1.29, 1.82) is 0 Å². The number of methoxy groups -OCH3 is 2. The molecule has 0 amide bonds. The Hall–Kier alpha value is -1.47. The molecule has 0 aliphatic heterocycles. The van der Waals surface area contributed by atoms with E-state index in [1.807, 2.05) is 18.2 Å². The first-order valence-corrected chi connectivity index (χ1v) is 7.56. The van der Waals surface area contributed by atoms with Crippen LogP contribution in [0.2, 0.25) is 0 Å². The average molecular weight is 271 g/mol. The number of rotatable bonds is 4. The van der Waals surface area contributed by atoms with E-state index in [0.717, 1.165) is 11.5 Å². The predicted octanol–water partition coefficient (Wildman–Crippen LogP) is 2.39. The van der Waals surface area contributed by atoms with E-state index in [0.29, 0.717) is 0 Å². The lowest BCUT2D eigenvalue weighted by molar-refractivity contribution is 0.406. The molecule has 0 aliphatic carbocycles. The first-order valence-electron chi connectivity index (χ1n) is 5.77. The second-order valence-electron chi connectivity index (χ2n) is 3.93. The Morgan fingerprint density at radius 3 is 2.16 bits per heavy atom. The summed E-state index contributed by atoms with van der Waals surface area (Å²) in [6.45, 7) is 2.24. The van der Waals surface area contributed by atoms with E-state index < -0.39 is 7.92 Å². The summed E-state index contributed by atoms with van der Waals surface area (Å²) in [5.41, 5.74) is 0. The molecule has 1 unspecified atom stereocenters. The molecule has 2 rings (SSSR count). The fourth-order valence-electron chi connectivity index (χ4n) is 1.85. The molecule has 2 aromatic carbocycles. The van der Waals surface area contributed by atoms with E-state index >= 15 is 0 Å². The Kier molecular flexibility index (Phi) is 5.91. The van der Waals surface area contributed by atoms with Crippen LogP contribution in [0.3, 0.4) is 0 Å². The second-order valence-corrected chi connectivity index (χ2v) is 6.05. The summed E-state index contributed by atoms with van der Waals surface area (Å²) < 4.78 is 10.7. The van der Waals surface area contributed by atoms with Crippen LogP contribution < -0.4 is 20.1 Å². The van der Waals surface area contributed by atoms with Gasteiger partial charge in [0.2, 0.25) is 0 Å². The average Bonchev–Trinajstić information content (AvgIpc) is 2.46. The SMILES string of the molecule is COc1ccc(OC)c(P(C)c2ccccc2)c1.[B]. The molecule has 0 fully saturated rings. The van der Waals surface area contributed by atoms with Crippen molar-refractivity contribution in [3.8, 4) is 11.5 Å². The van der Waals surface area contributed by atoms with E-state index in [1.165, 1.54) is 10.6 Å². The Labute approximate surface area is 118 Å². The Morgan fingerprint density at radius 1 is 0.895 bits per heavy atom. The van der Waals surface area contributed by atoms with Gasteiger partial charge in [0, 0.05) is 13.7 Å². The van der Waals surface area contributed by atoms with Gasteiger partial charge >= 0.3 is 0 Å². The van der Waals surface area contributed by atoms with Crippen molar-refractivity contribution in [3.63, 3.8) is 0 Å². The van der Waals surface area contributed by atoms with Gasteiger partial charge in [0.1, 0.15) is 11.5 Å². The third-order valence-electron chi connectivity index (χ3n) is 2.89. The van der Waals surface area contributed by atoms with Crippen molar-refractivity contribution in [2.45, 2.75) is 0 Å². The molecule has 4 heteroatoms. The molecule has 0 N–H and O–H groups in total. The van der Waals surface area contributed by atoms with Gasteiger partial charge in [-0.1, -0.05) is 30.3 Å². The molecule has 3 radical (unpaired) electrons. The lowest BCUT2D eigenvalue weighted by Crippen LogP contribution is -2.13. The van der Waals surface area contributed by atoms with E-state index in [9.17, 15) is 0 Å². The van der Waals surface area contributed by atoms with Crippen molar-refractivity contribution in [1.82, 2.24) is 0 Å². The van der Waals surface area contributed by atoms with Crippen molar-refractivity contribution in [3.05, 3.63) is 48.5 Å². The van der Waals surface area contributed by atoms with Gasteiger partial charge in [-0.3, -0.25) is 0 Å². The van der Waals surface area contributed by atoms with Crippen molar-refractivity contribution < 1.29 is 9.47 Å². The normalized spacial score (nSPS) is 11.3. The maximum atomic E-state index is 5.45. The number of hydrogen-bond donors (Lipinski definition) is 0. The molecule has 0 aromatic heterocycles. The van der Waals surface area contributed by atoms with Gasteiger partial charge in [-0.15, -0.1) is 0 Å². The highest BCUT2D eigenvalue weighted by molar-refractivity contribution is 7.72. The van der Waals surface area contributed by atoms with Gasteiger partial charge in [0.05, 0.1) is 14.2 Å². The minimum atomic E-state index is -0.424. The predicted molar refractivity (Wildman–Crippen MR) is 83.9 cm³/mol. The molecule has 97 valence electrons. The summed E-state index contributed by atoms with van der Waals surface area (Å²) in [5, 5.41) is 2.54. The summed E-state index contributed by atoms with van der Waals surface area (Å²) in [6, 6.07) is 16.5. The molecule has 2 nitrogen and oxygen atoms in total. The molecule has 0 heterocycles. The third-order valence-corrected chi connectivity index (χ3v) is 5.04. The van der Waals surface area contributed by atoms with Gasteiger partial charge in [0.15, 0.2) is 0 Å². The topological polar surface area (TPSA) is 18.5 Å². The van der Waals surface area contributed by atoms with Crippen LogP contribution in [0.1, 0.15) is 0 Å². The van der Waals surface area contributed by atoms with E-state index in [1.54, 1.807) is 14.2 Å². The highest BCUT2D eigenvalue weighted by atomic mass is 31.1. The molecule has 0 saturated heterocycles. The number of hydrogen-bond acceptors (Lipinski definition) is 2. The standard InChI is InChI=1S/C15H17O2P.B/c1-16-12-9-10-14(17-2)15(11-12)18(3)13-7-5-4-6-8-13;/h4-11H,1-3H3;. The summed E-state index contributed by atoms with van der Waals surface area (Å²) >= 11 is 0. The van der Waals surface area contributed by atoms with E-state index in [-0.39, 0.29) is 8.41 Å². The van der Waals surface area contributed by atoms with Crippen LogP contribution in [0.4, 0.5) is 0 Å². The molecule has 0 aliphatic rings. The molecule has 0 bridgehead atoms. The zero-order valence-electron chi connectivity index (χ0n) is 11.5. The van der Waals surface area contributed by atoms with Crippen LogP contribution in [0.15, 0.2) is 48.5 Å². The summed E-state index contributed by atoms with van der Waals surface area (Å²) in [6.07, 6.45) is 0. The van der Waals surface area contributed by atoms with Crippen LogP contribution in [-0.4, -0.2) is 29.3 Å². The van der Waals surface area contributed by atoms with E-state index in [4.69, 9.17) is 9.47 Å². The first kappa shape index (κ1) is 15.6. The van der Waals surface area contributed by atoms with Gasteiger partial charge in [-0.25, -0.2) is 0 Å². The van der Waals surface area contributed by atoms with Crippen LogP contribution in [0.5, 0.6) is 11.5 Å². The third kappa shape index (κ3) is 3.51. The smallest absolute Gasteiger partial charge is 0.127 e. The van der Waals surface area contributed by atoms with Gasteiger partial charge < -0.3 is 9.47 Å². The first-order chi connectivity index (χ1) is 8.76. The van der Waals surface area contributed by atoms with Crippen molar-refractivity contribution >= 4 is 26.9 Å². The molecule has 0 saturated carbocycles. The molecule has 0 spiro atoms. The zero-order chi connectivity index (χ0) is 13.0. The Bertz CT molecular complexity index is 517. The maximum absolute atomic E-state index is 5.45. The van der Waals surface area contributed by atoms with Gasteiger partial charge in [-0.05, 0) is 38.1 Å². The Balaban J connectivity index is 0.00000180. The van der Waals surface area contributed by atoms with Gasteiger partial charge in [0.25, 0.3) is 0 Å². The van der Waals surface area contributed by atoms with E-state index in [2.05, 4.69) is 37.0 Å². The minimum absolute atomic E-state index is 0. The highest BCUT2D eigenvalue weighted by Crippen LogP contribution is 2.34. The van der Waals surface area contributed by atoms with Crippen LogP contribution in [0.25, 0.3) is 0 Å². The quantitative estimate of drug-likeness (QED) is 0.628. The van der Waals surface area contributed by atoms with Crippen molar-refractivity contribution in [2.75, 3.05) is 20.9 Å². The van der Waals surface area contributed by atoms with Crippen LogP contribution in [0, 0.1) is 0 Å². The van der Waals surface area contributed by atoms with Crippen molar-refractivity contribution in [2.24, 2.45) is 0 Å². The molecule has 1 atom stereocenters. The maximum Gasteiger partial charge on any atom is 0.127 e. The number of ether oxygens (including phenoxy) is 2. The minimum Gasteiger partial charge on any atom is -0.497 e. The lowest BCUT2D eigenvalue weighted by Gasteiger charge is -2.17. The second kappa shape index (κ2) is 7.20. The lowest BCUT2D eigenvalue weighted by atomic mass is 10.3. The summed E-state index contributed by atoms with van der Waals surface area (Å²) in [7, 11) is 2.97. The fraction of sp³-hybridized carbons (Fsp3) is 0.200. The zero-order valence-corrected chi connectivity index (χ0v) is 12.4. The van der Waals surface area contributed by atoms with Gasteiger partial charge in [-0.2, -0.15) is 0 Å². The molecule has 19 heavy (non-hydrogen) atoms. The molecule has 2 aromatic rings. The van der Waals surface area contributed by atoms with Crippen LogP contribution in [-0.2, 0) is 0 Å². The highest BCUT2D eigenvalue weighted by Gasteiger charge is 2.13. The summed E-state index contributed by atoms with van der Waals surface area (Å²) in [5.74, 6) is 1.80. The monoisotopic (exact) mass is 271 g/mol.